The molecule has 3 aromatic carbocycles. The van der Waals surface area contributed by atoms with E-state index in [-0.39, 0.29) is 11.8 Å². The molecule has 0 aromatic heterocycles. The highest BCUT2D eigenvalue weighted by atomic mass is 16.5. The molecular formula is C26H28N2O3. The van der Waals surface area contributed by atoms with Gasteiger partial charge in [-0.15, -0.1) is 0 Å². The first-order valence-electron chi connectivity index (χ1n) is 10.4. The van der Waals surface area contributed by atoms with Gasteiger partial charge in [-0.3, -0.25) is 9.59 Å². The van der Waals surface area contributed by atoms with E-state index < -0.39 is 6.10 Å². The van der Waals surface area contributed by atoms with Crippen LogP contribution < -0.4 is 15.4 Å². The van der Waals surface area contributed by atoms with Crippen molar-refractivity contribution in [2.75, 3.05) is 10.6 Å². The lowest BCUT2D eigenvalue weighted by Gasteiger charge is -2.17. The van der Waals surface area contributed by atoms with E-state index in [0.29, 0.717) is 30.0 Å². The van der Waals surface area contributed by atoms with E-state index in [0.717, 1.165) is 16.7 Å². The average molecular weight is 417 g/mol. The lowest BCUT2D eigenvalue weighted by atomic mass is 10.1. The van der Waals surface area contributed by atoms with Gasteiger partial charge in [-0.1, -0.05) is 48.5 Å². The van der Waals surface area contributed by atoms with Crippen LogP contribution in [0.2, 0.25) is 0 Å². The van der Waals surface area contributed by atoms with Crippen molar-refractivity contribution in [3.8, 4) is 5.75 Å². The number of aryl methyl sites for hydroxylation is 3. The molecule has 1 atom stereocenters. The van der Waals surface area contributed by atoms with Crippen LogP contribution in [0.15, 0.2) is 72.8 Å². The number of hydrogen-bond donors (Lipinski definition) is 2. The Hall–Kier alpha value is -3.60. The van der Waals surface area contributed by atoms with Crippen molar-refractivity contribution in [1.82, 2.24) is 0 Å². The fourth-order valence-corrected chi connectivity index (χ4v) is 3.12. The third-order valence-corrected chi connectivity index (χ3v) is 4.91. The van der Waals surface area contributed by atoms with Gasteiger partial charge in [0.2, 0.25) is 5.91 Å². The normalized spacial score (nSPS) is 11.5. The van der Waals surface area contributed by atoms with E-state index in [1.807, 2.05) is 62.4 Å². The van der Waals surface area contributed by atoms with E-state index in [9.17, 15) is 9.59 Å². The molecule has 0 radical (unpaired) electrons. The molecule has 0 saturated carbocycles. The van der Waals surface area contributed by atoms with Crippen LogP contribution in [-0.4, -0.2) is 17.9 Å². The SMILES string of the molecule is Cc1ccc(C)c(OC(C)C(=O)Nc2cccc(NC(=O)CCc3ccccc3)c2)c1. The van der Waals surface area contributed by atoms with Gasteiger partial charge < -0.3 is 15.4 Å². The van der Waals surface area contributed by atoms with E-state index in [1.54, 1.807) is 31.2 Å². The predicted octanol–water partition coefficient (Wildman–Crippen LogP) is 5.28. The van der Waals surface area contributed by atoms with E-state index in [1.165, 1.54) is 0 Å². The van der Waals surface area contributed by atoms with Crippen LogP contribution in [0.5, 0.6) is 5.75 Å². The Morgan fingerprint density at radius 3 is 2.32 bits per heavy atom. The molecule has 3 aromatic rings. The van der Waals surface area contributed by atoms with E-state index in [2.05, 4.69) is 10.6 Å². The molecule has 5 heteroatoms. The van der Waals surface area contributed by atoms with Gasteiger partial charge in [-0.05, 0) is 68.1 Å². The minimum Gasteiger partial charge on any atom is -0.481 e. The van der Waals surface area contributed by atoms with Crippen LogP contribution in [0, 0.1) is 13.8 Å². The van der Waals surface area contributed by atoms with Crippen molar-refractivity contribution < 1.29 is 14.3 Å². The topological polar surface area (TPSA) is 67.4 Å². The summed E-state index contributed by atoms with van der Waals surface area (Å²) in [5.74, 6) is 0.370. The molecule has 0 aliphatic rings. The molecule has 0 heterocycles. The molecule has 2 N–H and O–H groups in total. The maximum atomic E-state index is 12.6. The Morgan fingerprint density at radius 1 is 0.871 bits per heavy atom. The first-order valence-corrected chi connectivity index (χ1v) is 10.4. The zero-order chi connectivity index (χ0) is 22.2. The molecule has 0 aliphatic heterocycles. The number of nitrogens with one attached hydrogen (secondary N) is 2. The number of hydrogen-bond acceptors (Lipinski definition) is 3. The Morgan fingerprint density at radius 2 is 1.58 bits per heavy atom. The summed E-state index contributed by atoms with van der Waals surface area (Å²) in [6.45, 7) is 5.65. The lowest BCUT2D eigenvalue weighted by Crippen LogP contribution is -2.30. The van der Waals surface area contributed by atoms with Crippen molar-refractivity contribution in [3.05, 3.63) is 89.5 Å². The third-order valence-electron chi connectivity index (χ3n) is 4.91. The van der Waals surface area contributed by atoms with Crippen LogP contribution in [0.25, 0.3) is 0 Å². The summed E-state index contributed by atoms with van der Waals surface area (Å²) in [5.41, 5.74) is 4.41. The minimum absolute atomic E-state index is 0.0704. The van der Waals surface area contributed by atoms with Gasteiger partial charge in [0.05, 0.1) is 0 Å². The van der Waals surface area contributed by atoms with Crippen LogP contribution >= 0.6 is 0 Å². The smallest absolute Gasteiger partial charge is 0.265 e. The van der Waals surface area contributed by atoms with Gasteiger partial charge in [0.15, 0.2) is 6.10 Å². The molecular weight excluding hydrogens is 388 g/mol. The van der Waals surface area contributed by atoms with Crippen molar-refractivity contribution in [1.29, 1.82) is 0 Å². The van der Waals surface area contributed by atoms with Crippen LogP contribution in [0.1, 0.15) is 30.0 Å². The molecule has 0 bridgehead atoms. The highest BCUT2D eigenvalue weighted by Gasteiger charge is 2.16. The lowest BCUT2D eigenvalue weighted by molar-refractivity contribution is -0.122. The molecule has 31 heavy (non-hydrogen) atoms. The Balaban J connectivity index is 1.54. The number of carbonyl (C=O) groups is 2. The quantitative estimate of drug-likeness (QED) is 0.525. The van der Waals surface area contributed by atoms with E-state index >= 15 is 0 Å². The van der Waals surface area contributed by atoms with Gasteiger partial charge in [0.25, 0.3) is 5.91 Å². The number of carbonyl (C=O) groups excluding carboxylic acids is 2. The van der Waals surface area contributed by atoms with Crippen molar-refractivity contribution >= 4 is 23.2 Å². The predicted molar refractivity (Wildman–Crippen MR) is 124 cm³/mol. The molecule has 3 rings (SSSR count). The maximum absolute atomic E-state index is 12.6. The minimum atomic E-state index is -0.662. The van der Waals surface area contributed by atoms with Gasteiger partial charge in [-0.2, -0.15) is 0 Å². The standard InChI is InChI=1S/C26H28N2O3/c1-18-12-13-19(2)24(16-18)31-20(3)26(30)28-23-11-7-10-22(17-23)27-25(29)15-14-21-8-5-4-6-9-21/h4-13,16-17,20H,14-15H2,1-3H3,(H,27,29)(H,28,30). The van der Waals surface area contributed by atoms with Gasteiger partial charge >= 0.3 is 0 Å². The van der Waals surface area contributed by atoms with E-state index in [4.69, 9.17) is 4.74 Å². The molecule has 0 saturated heterocycles. The number of rotatable bonds is 8. The summed E-state index contributed by atoms with van der Waals surface area (Å²) in [6, 6.07) is 22.9. The Kier molecular flexibility index (Phi) is 7.44. The fourth-order valence-electron chi connectivity index (χ4n) is 3.12. The highest BCUT2D eigenvalue weighted by Crippen LogP contribution is 2.21. The molecule has 5 nitrogen and oxygen atoms in total. The molecule has 2 amide bonds. The first-order chi connectivity index (χ1) is 14.9. The zero-order valence-electron chi connectivity index (χ0n) is 18.1. The summed E-state index contributed by atoms with van der Waals surface area (Å²) in [6.07, 6.45) is 0.405. The van der Waals surface area contributed by atoms with Crippen molar-refractivity contribution in [2.24, 2.45) is 0 Å². The average Bonchev–Trinajstić information content (AvgIpc) is 2.76. The number of benzene rings is 3. The van der Waals surface area contributed by atoms with Crippen LogP contribution in [0.3, 0.4) is 0 Å². The number of ether oxygens (including phenoxy) is 1. The second kappa shape index (κ2) is 10.4. The molecule has 0 spiro atoms. The second-order valence-corrected chi connectivity index (χ2v) is 7.63. The third kappa shape index (κ3) is 6.71. The summed E-state index contributed by atoms with van der Waals surface area (Å²) >= 11 is 0. The summed E-state index contributed by atoms with van der Waals surface area (Å²) in [4.78, 5) is 24.9. The first kappa shape index (κ1) is 22.1. The summed E-state index contributed by atoms with van der Waals surface area (Å²) < 4.78 is 5.85. The molecule has 0 aliphatic carbocycles. The van der Waals surface area contributed by atoms with Gasteiger partial charge in [-0.25, -0.2) is 0 Å². The molecule has 1 unspecified atom stereocenters. The highest BCUT2D eigenvalue weighted by molar-refractivity contribution is 5.96. The number of amides is 2. The molecule has 160 valence electrons. The largest absolute Gasteiger partial charge is 0.481 e. The molecule has 0 fully saturated rings. The Labute approximate surface area is 183 Å². The maximum Gasteiger partial charge on any atom is 0.265 e. The summed E-state index contributed by atoms with van der Waals surface area (Å²) in [7, 11) is 0. The van der Waals surface area contributed by atoms with Crippen molar-refractivity contribution in [2.45, 2.75) is 39.7 Å². The van der Waals surface area contributed by atoms with Crippen LogP contribution in [-0.2, 0) is 16.0 Å². The van der Waals surface area contributed by atoms with Gasteiger partial charge in [0, 0.05) is 17.8 Å². The number of anilines is 2. The zero-order valence-corrected chi connectivity index (χ0v) is 18.1. The fraction of sp³-hybridized carbons (Fsp3) is 0.231. The monoisotopic (exact) mass is 416 g/mol. The van der Waals surface area contributed by atoms with Gasteiger partial charge in [0.1, 0.15) is 5.75 Å². The second-order valence-electron chi connectivity index (χ2n) is 7.63. The van der Waals surface area contributed by atoms with Crippen molar-refractivity contribution in [3.63, 3.8) is 0 Å². The summed E-state index contributed by atoms with van der Waals surface area (Å²) in [5, 5.41) is 5.74. The Bertz CT molecular complexity index is 1050. The van der Waals surface area contributed by atoms with Crippen LogP contribution in [0.4, 0.5) is 11.4 Å².